The van der Waals surface area contributed by atoms with Crippen molar-refractivity contribution < 1.29 is 9.53 Å². The highest BCUT2D eigenvalue weighted by Gasteiger charge is 2.02. The first-order chi connectivity index (χ1) is 5.72. The number of hydrogen-bond acceptors (Lipinski definition) is 3. The van der Waals surface area contributed by atoms with E-state index >= 15 is 0 Å². The summed E-state index contributed by atoms with van der Waals surface area (Å²) < 4.78 is 4.90. The minimum atomic E-state index is -0.231. The molecule has 0 saturated carbocycles. The first-order valence-corrected chi connectivity index (χ1v) is 4.26. The molecule has 3 heteroatoms. The summed E-state index contributed by atoms with van der Waals surface area (Å²) in [7, 11) is 0. The molecule has 0 fully saturated rings. The van der Waals surface area contributed by atoms with Crippen molar-refractivity contribution in [1.29, 1.82) is 0 Å². The van der Waals surface area contributed by atoms with Crippen molar-refractivity contribution in [2.24, 2.45) is 5.73 Å². The van der Waals surface area contributed by atoms with E-state index in [9.17, 15) is 4.79 Å². The van der Waals surface area contributed by atoms with Crippen molar-refractivity contribution in [3.8, 4) is 0 Å². The van der Waals surface area contributed by atoms with Gasteiger partial charge in [0.05, 0.1) is 6.61 Å². The molecule has 0 aromatic heterocycles. The molecule has 0 aromatic rings. The van der Waals surface area contributed by atoms with Gasteiger partial charge >= 0.3 is 5.97 Å². The van der Waals surface area contributed by atoms with Crippen molar-refractivity contribution >= 4 is 5.97 Å². The molecule has 0 atom stereocenters. The van der Waals surface area contributed by atoms with Gasteiger partial charge in [-0.25, -0.2) is 4.79 Å². The topological polar surface area (TPSA) is 52.3 Å². The molecule has 70 valence electrons. The Balaban J connectivity index is 3.75. The molecule has 0 amide bonds. The predicted molar refractivity (Wildman–Crippen MR) is 48.7 cm³/mol. The predicted octanol–water partition coefficient (Wildman–Crippen LogP) is 1.23. The smallest absolute Gasteiger partial charge is 0.333 e. The maximum absolute atomic E-state index is 11.1. The van der Waals surface area contributed by atoms with Crippen LogP contribution in [0.1, 0.15) is 26.7 Å². The number of ether oxygens (including phenoxy) is 1. The lowest BCUT2D eigenvalue weighted by molar-refractivity contribution is -0.138. The van der Waals surface area contributed by atoms with E-state index in [4.69, 9.17) is 10.5 Å². The summed E-state index contributed by atoms with van der Waals surface area (Å²) in [6.07, 6.45) is 3.39. The average molecular weight is 171 g/mol. The summed E-state index contributed by atoms with van der Waals surface area (Å²) in [6.45, 7) is 4.77. The van der Waals surface area contributed by atoms with Crippen molar-refractivity contribution in [2.75, 3.05) is 13.2 Å². The molecule has 0 heterocycles. The third-order valence-corrected chi connectivity index (χ3v) is 1.38. The largest absolute Gasteiger partial charge is 0.462 e. The van der Waals surface area contributed by atoms with Crippen LogP contribution in [0.3, 0.4) is 0 Å². The number of rotatable bonds is 5. The summed E-state index contributed by atoms with van der Waals surface area (Å²) >= 11 is 0. The fourth-order valence-electron chi connectivity index (χ4n) is 0.692. The minimum absolute atomic E-state index is 0.231. The van der Waals surface area contributed by atoms with Gasteiger partial charge in [0, 0.05) is 5.57 Å². The number of nitrogens with two attached hydrogens (primary N) is 1. The second-order valence-electron chi connectivity index (χ2n) is 2.60. The monoisotopic (exact) mass is 171 g/mol. The van der Waals surface area contributed by atoms with Gasteiger partial charge in [0.25, 0.3) is 0 Å². The van der Waals surface area contributed by atoms with E-state index < -0.39 is 0 Å². The van der Waals surface area contributed by atoms with E-state index in [0.717, 1.165) is 12.8 Å². The van der Waals surface area contributed by atoms with Gasteiger partial charge in [-0.2, -0.15) is 0 Å². The van der Waals surface area contributed by atoms with E-state index in [1.165, 1.54) is 0 Å². The molecule has 0 radical (unpaired) electrons. The third-order valence-electron chi connectivity index (χ3n) is 1.38. The Morgan fingerprint density at radius 1 is 1.58 bits per heavy atom. The molecule has 0 saturated heterocycles. The average Bonchev–Trinajstić information content (AvgIpc) is 2.10. The van der Waals surface area contributed by atoms with E-state index in [0.29, 0.717) is 18.7 Å². The Hall–Kier alpha value is -0.830. The first kappa shape index (κ1) is 11.2. The second-order valence-corrected chi connectivity index (χ2v) is 2.60. The van der Waals surface area contributed by atoms with Gasteiger partial charge < -0.3 is 10.5 Å². The summed E-state index contributed by atoms with van der Waals surface area (Å²) in [5, 5.41) is 0. The number of carbonyl (C=O) groups is 1. The number of carbonyl (C=O) groups excluding carboxylic acids is 1. The Labute approximate surface area is 73.6 Å². The van der Waals surface area contributed by atoms with Gasteiger partial charge in [-0.15, -0.1) is 0 Å². The Morgan fingerprint density at radius 2 is 2.25 bits per heavy atom. The third kappa shape index (κ3) is 4.91. The zero-order valence-corrected chi connectivity index (χ0v) is 7.80. The van der Waals surface area contributed by atoms with Crippen LogP contribution in [-0.4, -0.2) is 19.1 Å². The van der Waals surface area contributed by atoms with Crippen LogP contribution >= 0.6 is 0 Å². The van der Waals surface area contributed by atoms with Crippen LogP contribution in [0.5, 0.6) is 0 Å². The van der Waals surface area contributed by atoms with Gasteiger partial charge in [-0.3, -0.25) is 0 Å². The quantitative estimate of drug-likeness (QED) is 0.500. The van der Waals surface area contributed by atoms with Gasteiger partial charge in [-0.1, -0.05) is 13.0 Å². The molecule has 0 rings (SSSR count). The Morgan fingerprint density at radius 3 is 2.75 bits per heavy atom. The van der Waals surface area contributed by atoms with Crippen LogP contribution in [0.25, 0.3) is 0 Å². The lowest BCUT2D eigenvalue weighted by Crippen LogP contribution is -2.07. The van der Waals surface area contributed by atoms with Crippen LogP contribution in [-0.2, 0) is 9.53 Å². The minimum Gasteiger partial charge on any atom is -0.462 e. The van der Waals surface area contributed by atoms with Crippen molar-refractivity contribution in [2.45, 2.75) is 26.7 Å². The molecular formula is C9H17NO2. The summed E-state index contributed by atoms with van der Waals surface area (Å²) in [4.78, 5) is 11.1. The summed E-state index contributed by atoms with van der Waals surface area (Å²) in [5.74, 6) is -0.231. The van der Waals surface area contributed by atoms with Crippen LogP contribution in [0.15, 0.2) is 11.6 Å². The van der Waals surface area contributed by atoms with Gasteiger partial charge in [0.15, 0.2) is 0 Å². The molecule has 12 heavy (non-hydrogen) atoms. The van der Waals surface area contributed by atoms with Crippen LogP contribution in [0.2, 0.25) is 0 Å². The molecule has 0 unspecified atom stereocenters. The first-order valence-electron chi connectivity index (χ1n) is 4.26. The Kier molecular flexibility index (Phi) is 6.38. The van der Waals surface area contributed by atoms with Crippen molar-refractivity contribution in [3.63, 3.8) is 0 Å². The van der Waals surface area contributed by atoms with Gasteiger partial charge in [0.2, 0.25) is 0 Å². The molecule has 0 aliphatic rings. The SMILES string of the molecule is CCCOC(=O)C(C)=CCCN. The van der Waals surface area contributed by atoms with Crippen LogP contribution in [0.4, 0.5) is 0 Å². The second kappa shape index (κ2) is 6.85. The lowest BCUT2D eigenvalue weighted by atomic mass is 10.2. The van der Waals surface area contributed by atoms with E-state index in [1.54, 1.807) is 13.0 Å². The fourth-order valence-corrected chi connectivity index (χ4v) is 0.692. The van der Waals surface area contributed by atoms with Crippen LogP contribution in [0, 0.1) is 0 Å². The number of esters is 1. The highest BCUT2D eigenvalue weighted by atomic mass is 16.5. The normalized spacial score (nSPS) is 11.4. The molecule has 0 aliphatic heterocycles. The molecule has 0 aliphatic carbocycles. The van der Waals surface area contributed by atoms with Crippen LogP contribution < -0.4 is 5.73 Å². The molecule has 0 spiro atoms. The van der Waals surface area contributed by atoms with E-state index in [1.807, 2.05) is 6.92 Å². The molecule has 0 bridgehead atoms. The van der Waals surface area contributed by atoms with E-state index in [-0.39, 0.29) is 5.97 Å². The fraction of sp³-hybridized carbons (Fsp3) is 0.667. The molecular weight excluding hydrogens is 154 g/mol. The maximum atomic E-state index is 11.1. The number of hydrogen-bond donors (Lipinski definition) is 1. The highest BCUT2D eigenvalue weighted by Crippen LogP contribution is 1.98. The standard InChI is InChI=1S/C9H17NO2/c1-3-7-12-9(11)8(2)5-4-6-10/h5H,3-4,6-7,10H2,1-2H3. The summed E-state index contributed by atoms with van der Waals surface area (Å²) in [6, 6.07) is 0. The molecule has 0 aromatic carbocycles. The molecule has 3 nitrogen and oxygen atoms in total. The van der Waals surface area contributed by atoms with Gasteiger partial charge in [-0.05, 0) is 26.3 Å². The highest BCUT2D eigenvalue weighted by molar-refractivity contribution is 5.87. The summed E-state index contributed by atoms with van der Waals surface area (Å²) in [5.41, 5.74) is 5.93. The maximum Gasteiger partial charge on any atom is 0.333 e. The van der Waals surface area contributed by atoms with Crippen molar-refractivity contribution in [1.82, 2.24) is 0 Å². The zero-order chi connectivity index (χ0) is 9.40. The Bertz CT molecular complexity index is 164. The zero-order valence-electron chi connectivity index (χ0n) is 7.80. The lowest BCUT2D eigenvalue weighted by Gasteiger charge is -2.01. The van der Waals surface area contributed by atoms with Crippen molar-refractivity contribution in [3.05, 3.63) is 11.6 Å². The van der Waals surface area contributed by atoms with E-state index in [2.05, 4.69) is 0 Å². The molecule has 2 N–H and O–H groups in total. The van der Waals surface area contributed by atoms with Gasteiger partial charge in [0.1, 0.15) is 0 Å².